The maximum Gasteiger partial charge on any atom is 0.165 e. The molecule has 192 valence electrons. The molecule has 0 fully saturated rings. The Kier molecular flexibility index (Phi) is 5.78. The fourth-order valence-corrected chi connectivity index (χ4v) is 5.86. The largest absolute Gasteiger partial charge is 0.293 e. The van der Waals surface area contributed by atoms with Gasteiger partial charge in [-0.05, 0) is 23.3 Å². The van der Waals surface area contributed by atoms with E-state index in [0.29, 0.717) is 0 Å². The number of hydrogen-bond donors (Lipinski definition) is 0. The molecule has 40 heavy (non-hydrogen) atoms. The zero-order valence-corrected chi connectivity index (χ0v) is 22.6. The average Bonchev–Trinajstić information content (AvgIpc) is 3.02. The minimum Gasteiger partial charge on any atom is -0.293 e. The van der Waals surface area contributed by atoms with Crippen molar-refractivity contribution in [3.05, 3.63) is 151 Å². The van der Waals surface area contributed by atoms with Crippen LogP contribution in [0.5, 0.6) is 0 Å². The number of hydrogen-bond acceptors (Lipinski definition) is 3. The summed E-state index contributed by atoms with van der Waals surface area (Å²) in [7, 11) is 0. The van der Waals surface area contributed by atoms with Crippen LogP contribution in [-0.4, -0.2) is 9.97 Å². The summed E-state index contributed by atoms with van der Waals surface area (Å²) < 4.78 is 0. The van der Waals surface area contributed by atoms with Crippen LogP contribution in [-0.2, 0) is 5.41 Å². The van der Waals surface area contributed by atoms with Crippen LogP contribution < -0.4 is 4.90 Å². The summed E-state index contributed by atoms with van der Waals surface area (Å²) >= 11 is 0. The van der Waals surface area contributed by atoms with Gasteiger partial charge in [-0.25, -0.2) is 9.97 Å². The highest BCUT2D eigenvalue weighted by Crippen LogP contribution is 2.53. The fourth-order valence-electron chi connectivity index (χ4n) is 5.86. The molecule has 5 aromatic carbocycles. The van der Waals surface area contributed by atoms with Crippen molar-refractivity contribution in [2.24, 2.45) is 0 Å². The van der Waals surface area contributed by atoms with Gasteiger partial charge in [0.25, 0.3) is 0 Å². The lowest BCUT2D eigenvalue weighted by molar-refractivity contribution is 0.631. The maximum absolute atomic E-state index is 5.53. The molecule has 0 saturated carbocycles. The zero-order chi connectivity index (χ0) is 27.1. The Balaban J connectivity index is 1.60. The molecule has 6 aromatic rings. The van der Waals surface area contributed by atoms with E-state index in [4.69, 9.17) is 9.97 Å². The first-order valence-corrected chi connectivity index (χ1v) is 13.7. The number of aromatic nitrogens is 2. The first-order chi connectivity index (χ1) is 19.6. The second-order valence-electron chi connectivity index (χ2n) is 10.7. The van der Waals surface area contributed by atoms with E-state index in [2.05, 4.69) is 140 Å². The van der Waals surface area contributed by atoms with Gasteiger partial charge >= 0.3 is 0 Å². The Morgan fingerprint density at radius 2 is 0.800 bits per heavy atom. The summed E-state index contributed by atoms with van der Waals surface area (Å²) in [6, 6.07) is 48.5. The normalized spacial score (nSPS) is 13.4. The van der Waals surface area contributed by atoms with E-state index < -0.39 is 0 Å². The van der Waals surface area contributed by atoms with Crippen molar-refractivity contribution in [3.8, 4) is 33.8 Å². The molecule has 0 amide bonds. The quantitative estimate of drug-likeness (QED) is 0.234. The van der Waals surface area contributed by atoms with Crippen LogP contribution in [0.25, 0.3) is 33.8 Å². The second-order valence-corrected chi connectivity index (χ2v) is 10.7. The van der Waals surface area contributed by atoms with Crippen molar-refractivity contribution in [1.82, 2.24) is 9.97 Å². The molecule has 2 heterocycles. The highest BCUT2D eigenvalue weighted by atomic mass is 15.2. The molecule has 0 bridgehead atoms. The molecule has 1 aliphatic rings. The average molecular weight is 516 g/mol. The molecule has 3 nitrogen and oxygen atoms in total. The Hall–Kier alpha value is -5.02. The van der Waals surface area contributed by atoms with E-state index in [1.165, 1.54) is 11.1 Å². The molecular formula is C37H29N3. The smallest absolute Gasteiger partial charge is 0.165 e. The summed E-state index contributed by atoms with van der Waals surface area (Å²) in [4.78, 5) is 13.3. The fraction of sp³-hybridized carbons (Fsp3) is 0.0811. The molecule has 1 aromatic heterocycles. The lowest BCUT2D eigenvalue weighted by Gasteiger charge is -2.41. The van der Waals surface area contributed by atoms with Gasteiger partial charge in [0.15, 0.2) is 5.82 Å². The molecule has 0 spiro atoms. The minimum absolute atomic E-state index is 0.156. The Labute approximate surface area is 235 Å². The lowest BCUT2D eigenvalue weighted by atomic mass is 9.73. The van der Waals surface area contributed by atoms with Gasteiger partial charge in [-0.3, -0.25) is 4.90 Å². The van der Waals surface area contributed by atoms with Gasteiger partial charge in [0.1, 0.15) is 5.69 Å². The van der Waals surface area contributed by atoms with Gasteiger partial charge < -0.3 is 0 Å². The Bertz CT molecular complexity index is 1760. The monoisotopic (exact) mass is 515 g/mol. The number of rotatable bonds is 4. The molecule has 0 saturated heterocycles. The van der Waals surface area contributed by atoms with Gasteiger partial charge in [-0.15, -0.1) is 0 Å². The summed E-state index contributed by atoms with van der Waals surface area (Å²) in [5.74, 6) is 0.820. The summed E-state index contributed by atoms with van der Waals surface area (Å²) in [6.07, 6.45) is 0. The number of nitrogens with zero attached hydrogens (tertiary/aromatic N) is 3. The van der Waals surface area contributed by atoms with Crippen molar-refractivity contribution >= 4 is 17.2 Å². The standard InChI is InChI=1S/C37H29N3/c1-37(2)29-22-12-14-24-31(29)40(32-25-15-13-23-30(32)37)36-35(28-20-10-5-11-21-28)38-33(26-16-6-3-7-17-26)34(39-36)27-18-8-4-9-19-27/h3-25H,1-2H3. The van der Waals surface area contributed by atoms with E-state index in [9.17, 15) is 0 Å². The number of fused-ring (bicyclic) bond motifs is 2. The summed E-state index contributed by atoms with van der Waals surface area (Å²) in [5, 5.41) is 0. The number of benzene rings is 5. The topological polar surface area (TPSA) is 29.0 Å². The van der Waals surface area contributed by atoms with Crippen molar-refractivity contribution < 1.29 is 0 Å². The van der Waals surface area contributed by atoms with Crippen LogP contribution in [0, 0.1) is 0 Å². The molecular weight excluding hydrogens is 486 g/mol. The third kappa shape index (κ3) is 3.90. The summed E-state index contributed by atoms with van der Waals surface area (Å²) in [6.45, 7) is 4.61. The Morgan fingerprint density at radius 3 is 1.27 bits per heavy atom. The van der Waals surface area contributed by atoms with Crippen molar-refractivity contribution in [2.75, 3.05) is 4.90 Å². The Morgan fingerprint density at radius 1 is 0.425 bits per heavy atom. The van der Waals surface area contributed by atoms with E-state index in [-0.39, 0.29) is 5.41 Å². The van der Waals surface area contributed by atoms with Crippen molar-refractivity contribution in [2.45, 2.75) is 19.3 Å². The minimum atomic E-state index is -0.156. The summed E-state index contributed by atoms with van der Waals surface area (Å²) in [5.41, 5.74) is 10.3. The molecule has 0 aliphatic carbocycles. The highest BCUT2D eigenvalue weighted by Gasteiger charge is 2.38. The van der Waals surface area contributed by atoms with Crippen LogP contribution in [0.1, 0.15) is 25.0 Å². The van der Waals surface area contributed by atoms with E-state index in [1.54, 1.807) is 0 Å². The number of anilines is 3. The van der Waals surface area contributed by atoms with Gasteiger partial charge in [-0.2, -0.15) is 0 Å². The van der Waals surface area contributed by atoms with Gasteiger partial charge in [0, 0.05) is 22.1 Å². The molecule has 0 unspecified atom stereocenters. The second kappa shape index (κ2) is 9.62. The van der Waals surface area contributed by atoms with Crippen LogP contribution in [0.3, 0.4) is 0 Å². The van der Waals surface area contributed by atoms with Crippen LogP contribution in [0.15, 0.2) is 140 Å². The first kappa shape index (κ1) is 24.1. The molecule has 7 rings (SSSR count). The molecule has 3 heteroatoms. The molecule has 0 radical (unpaired) electrons. The van der Waals surface area contributed by atoms with Gasteiger partial charge in [-0.1, -0.05) is 141 Å². The highest BCUT2D eigenvalue weighted by molar-refractivity contribution is 5.92. The first-order valence-electron chi connectivity index (χ1n) is 13.7. The molecule has 0 atom stereocenters. The van der Waals surface area contributed by atoms with E-state index in [1.807, 2.05) is 18.2 Å². The zero-order valence-electron chi connectivity index (χ0n) is 22.6. The van der Waals surface area contributed by atoms with Crippen LogP contribution >= 0.6 is 0 Å². The van der Waals surface area contributed by atoms with Crippen LogP contribution in [0.2, 0.25) is 0 Å². The lowest BCUT2D eigenvalue weighted by Crippen LogP contribution is -2.31. The third-order valence-corrected chi connectivity index (χ3v) is 7.87. The molecule has 0 N–H and O–H groups in total. The third-order valence-electron chi connectivity index (χ3n) is 7.87. The van der Waals surface area contributed by atoms with Crippen molar-refractivity contribution in [1.29, 1.82) is 0 Å². The molecule has 1 aliphatic heterocycles. The van der Waals surface area contributed by atoms with Gasteiger partial charge in [0.2, 0.25) is 0 Å². The maximum atomic E-state index is 5.53. The SMILES string of the molecule is CC1(C)c2ccccc2N(c2nc(-c3ccccc3)c(-c3ccccc3)nc2-c2ccccc2)c2ccccc21. The predicted octanol–water partition coefficient (Wildman–Crippen LogP) is 9.59. The van der Waals surface area contributed by atoms with Gasteiger partial charge in [0.05, 0.1) is 22.8 Å². The van der Waals surface area contributed by atoms with E-state index >= 15 is 0 Å². The van der Waals surface area contributed by atoms with Crippen molar-refractivity contribution in [3.63, 3.8) is 0 Å². The van der Waals surface area contributed by atoms with E-state index in [0.717, 1.165) is 51.0 Å². The predicted molar refractivity (Wildman–Crippen MR) is 165 cm³/mol. The number of para-hydroxylation sites is 2. The van der Waals surface area contributed by atoms with Crippen LogP contribution in [0.4, 0.5) is 17.2 Å².